The van der Waals surface area contributed by atoms with Gasteiger partial charge in [0.2, 0.25) is 10.0 Å². The van der Waals surface area contributed by atoms with E-state index in [1.165, 1.54) is 17.3 Å². The van der Waals surface area contributed by atoms with Gasteiger partial charge in [-0.25, -0.2) is 17.6 Å². The van der Waals surface area contributed by atoms with Crippen LogP contribution in [-0.4, -0.2) is 50.3 Å². The molecule has 26 heavy (non-hydrogen) atoms. The van der Waals surface area contributed by atoms with E-state index in [-0.39, 0.29) is 24.5 Å². The molecule has 0 aliphatic carbocycles. The number of ether oxygens (including phenoxy) is 1. The molecule has 1 aromatic carbocycles. The lowest BCUT2D eigenvalue weighted by atomic mass is 10.2. The van der Waals surface area contributed by atoms with Gasteiger partial charge < -0.3 is 10.1 Å². The van der Waals surface area contributed by atoms with Gasteiger partial charge in [0.15, 0.2) is 6.10 Å². The monoisotopic (exact) mass is 386 g/mol. The van der Waals surface area contributed by atoms with E-state index in [1.807, 2.05) is 0 Å². The fraction of sp³-hybridized carbons (Fsp3) is 0.412. The van der Waals surface area contributed by atoms with Crippen molar-refractivity contribution in [2.75, 3.05) is 19.6 Å². The summed E-state index contributed by atoms with van der Waals surface area (Å²) in [6.45, 7) is 8.76. The minimum Gasteiger partial charge on any atom is -0.449 e. The maximum atomic E-state index is 14.0. The van der Waals surface area contributed by atoms with Gasteiger partial charge in [0.1, 0.15) is 5.82 Å². The van der Waals surface area contributed by atoms with Crippen LogP contribution in [0.2, 0.25) is 0 Å². The highest BCUT2D eigenvalue weighted by atomic mass is 32.2. The van der Waals surface area contributed by atoms with Crippen molar-refractivity contribution >= 4 is 21.9 Å². The highest BCUT2D eigenvalue weighted by Crippen LogP contribution is 2.20. The van der Waals surface area contributed by atoms with Crippen LogP contribution in [0.15, 0.2) is 35.7 Å². The first-order valence-corrected chi connectivity index (χ1v) is 9.52. The zero-order valence-corrected chi connectivity index (χ0v) is 15.8. The molecule has 0 saturated heterocycles. The molecule has 1 atom stereocenters. The summed E-state index contributed by atoms with van der Waals surface area (Å²) in [4.78, 5) is 23.7. The van der Waals surface area contributed by atoms with E-state index in [0.717, 1.165) is 18.2 Å². The Morgan fingerprint density at radius 3 is 2.50 bits per heavy atom. The summed E-state index contributed by atoms with van der Waals surface area (Å²) in [5.74, 6) is -2.64. The molecule has 1 N–H and O–H groups in total. The van der Waals surface area contributed by atoms with Crippen LogP contribution < -0.4 is 5.32 Å². The number of halogens is 1. The van der Waals surface area contributed by atoms with Gasteiger partial charge in [-0.1, -0.05) is 19.9 Å². The fourth-order valence-corrected chi connectivity index (χ4v) is 3.61. The summed E-state index contributed by atoms with van der Waals surface area (Å²) in [7, 11) is -3.86. The smallest absolute Gasteiger partial charge is 0.341 e. The van der Waals surface area contributed by atoms with Crippen LogP contribution >= 0.6 is 0 Å². The number of hydrogen-bond acceptors (Lipinski definition) is 5. The minimum atomic E-state index is -3.86. The molecule has 0 radical (unpaired) electrons. The number of hydrogen-bond donors (Lipinski definition) is 1. The van der Waals surface area contributed by atoms with Crippen LogP contribution in [0.1, 0.15) is 31.1 Å². The van der Waals surface area contributed by atoms with E-state index >= 15 is 0 Å². The average molecular weight is 386 g/mol. The second kappa shape index (κ2) is 9.44. The molecule has 0 aliphatic heterocycles. The number of rotatable bonds is 9. The molecule has 0 heterocycles. The van der Waals surface area contributed by atoms with E-state index in [0.29, 0.717) is 0 Å². The molecule has 0 saturated carbocycles. The Kier molecular flexibility index (Phi) is 7.91. The Balaban J connectivity index is 3.08. The molecule has 7 nitrogen and oxygen atoms in total. The SMILES string of the molecule is C=CCNC(=O)[C@@H](C)OC(=O)c1cc(S(=O)(=O)N(CC)CC)ccc1F. The summed E-state index contributed by atoms with van der Waals surface area (Å²) in [5.41, 5.74) is -0.554. The molecule has 1 rings (SSSR count). The topological polar surface area (TPSA) is 92.8 Å². The standard InChI is InChI=1S/C17H23FN2O5S/c1-5-10-19-16(21)12(4)25-17(22)14-11-13(8-9-15(14)18)26(23,24)20(6-2)7-3/h5,8-9,11-12H,1,6-7,10H2,2-4H3,(H,19,21)/t12-/m1/s1. The number of nitrogens with zero attached hydrogens (tertiary/aromatic N) is 1. The van der Waals surface area contributed by atoms with Gasteiger partial charge in [-0.3, -0.25) is 4.79 Å². The van der Waals surface area contributed by atoms with Crippen molar-refractivity contribution in [3.05, 3.63) is 42.2 Å². The van der Waals surface area contributed by atoms with Gasteiger partial charge in [-0.15, -0.1) is 6.58 Å². The van der Waals surface area contributed by atoms with Crippen molar-refractivity contribution in [1.29, 1.82) is 0 Å². The minimum absolute atomic E-state index is 0.187. The van der Waals surface area contributed by atoms with Gasteiger partial charge >= 0.3 is 5.97 Å². The first-order chi connectivity index (χ1) is 12.2. The Hall–Kier alpha value is -2.26. The van der Waals surface area contributed by atoms with Crippen LogP contribution in [-0.2, 0) is 19.6 Å². The first kappa shape index (κ1) is 21.8. The molecular weight excluding hydrogens is 363 g/mol. The predicted molar refractivity (Wildman–Crippen MR) is 94.6 cm³/mol. The Labute approximate surface area is 152 Å². The lowest BCUT2D eigenvalue weighted by molar-refractivity contribution is -0.128. The molecular formula is C17H23FN2O5S. The molecule has 1 amide bonds. The van der Waals surface area contributed by atoms with Crippen molar-refractivity contribution in [3.8, 4) is 0 Å². The van der Waals surface area contributed by atoms with Crippen molar-refractivity contribution in [1.82, 2.24) is 9.62 Å². The van der Waals surface area contributed by atoms with Crippen LogP contribution in [0.5, 0.6) is 0 Å². The third kappa shape index (κ3) is 5.12. The normalized spacial score (nSPS) is 12.5. The molecule has 0 fully saturated rings. The van der Waals surface area contributed by atoms with Crippen molar-refractivity contribution in [2.45, 2.75) is 31.8 Å². The van der Waals surface area contributed by atoms with Crippen LogP contribution in [0, 0.1) is 5.82 Å². The summed E-state index contributed by atoms with van der Waals surface area (Å²) in [6.07, 6.45) is 0.276. The zero-order valence-electron chi connectivity index (χ0n) is 15.0. The average Bonchev–Trinajstić information content (AvgIpc) is 2.60. The van der Waals surface area contributed by atoms with Gasteiger partial charge in [0.25, 0.3) is 5.91 Å². The van der Waals surface area contributed by atoms with Gasteiger partial charge in [-0.2, -0.15) is 4.31 Å². The third-order valence-electron chi connectivity index (χ3n) is 3.57. The lowest BCUT2D eigenvalue weighted by Crippen LogP contribution is -2.36. The highest BCUT2D eigenvalue weighted by molar-refractivity contribution is 7.89. The number of carbonyl (C=O) groups is 2. The second-order valence-electron chi connectivity index (χ2n) is 5.31. The molecule has 9 heteroatoms. The molecule has 1 aromatic rings. The summed E-state index contributed by atoms with van der Waals surface area (Å²) in [6, 6.07) is 2.88. The van der Waals surface area contributed by atoms with Crippen molar-refractivity contribution in [2.24, 2.45) is 0 Å². The predicted octanol–water partition coefficient (Wildman–Crippen LogP) is 1.70. The van der Waals surface area contributed by atoms with Gasteiger partial charge in [0, 0.05) is 19.6 Å². The van der Waals surface area contributed by atoms with Crippen molar-refractivity contribution in [3.63, 3.8) is 0 Å². The Morgan fingerprint density at radius 2 is 1.96 bits per heavy atom. The molecule has 0 spiro atoms. The zero-order chi connectivity index (χ0) is 19.9. The highest BCUT2D eigenvalue weighted by Gasteiger charge is 2.26. The fourth-order valence-electron chi connectivity index (χ4n) is 2.13. The molecule has 144 valence electrons. The maximum Gasteiger partial charge on any atom is 0.341 e. The number of nitrogens with one attached hydrogen (secondary N) is 1. The molecule has 0 aromatic heterocycles. The lowest BCUT2D eigenvalue weighted by Gasteiger charge is -2.19. The molecule has 0 aliphatic rings. The quantitative estimate of drug-likeness (QED) is 0.515. The van der Waals surface area contributed by atoms with E-state index in [1.54, 1.807) is 13.8 Å². The van der Waals surface area contributed by atoms with Crippen molar-refractivity contribution < 1.29 is 27.1 Å². The number of sulfonamides is 1. The third-order valence-corrected chi connectivity index (χ3v) is 5.62. The Morgan fingerprint density at radius 1 is 1.35 bits per heavy atom. The Bertz CT molecular complexity index is 775. The maximum absolute atomic E-state index is 14.0. The number of amides is 1. The number of carbonyl (C=O) groups excluding carboxylic acids is 2. The first-order valence-electron chi connectivity index (χ1n) is 8.08. The number of benzene rings is 1. The second-order valence-corrected chi connectivity index (χ2v) is 7.25. The van der Waals surface area contributed by atoms with Crippen LogP contribution in [0.25, 0.3) is 0 Å². The summed E-state index contributed by atoms with van der Waals surface area (Å²) < 4.78 is 45.1. The van der Waals surface area contributed by atoms with Gasteiger partial charge in [0.05, 0.1) is 10.5 Å². The summed E-state index contributed by atoms with van der Waals surface area (Å²) >= 11 is 0. The van der Waals surface area contributed by atoms with Crippen LogP contribution in [0.4, 0.5) is 4.39 Å². The van der Waals surface area contributed by atoms with E-state index < -0.39 is 39.4 Å². The van der Waals surface area contributed by atoms with E-state index in [4.69, 9.17) is 4.74 Å². The van der Waals surface area contributed by atoms with Crippen LogP contribution in [0.3, 0.4) is 0 Å². The molecule has 0 bridgehead atoms. The summed E-state index contributed by atoms with van der Waals surface area (Å²) in [5, 5.41) is 2.44. The van der Waals surface area contributed by atoms with E-state index in [2.05, 4.69) is 11.9 Å². The van der Waals surface area contributed by atoms with E-state index in [9.17, 15) is 22.4 Å². The van der Waals surface area contributed by atoms with Gasteiger partial charge in [-0.05, 0) is 25.1 Å². The largest absolute Gasteiger partial charge is 0.449 e. The molecule has 0 unspecified atom stereocenters. The number of esters is 1.